The topological polar surface area (TPSA) is 43.6 Å². The van der Waals surface area contributed by atoms with Gasteiger partial charge in [0.05, 0.1) is 5.69 Å². The van der Waals surface area contributed by atoms with Gasteiger partial charge in [0.15, 0.2) is 0 Å². The SMILES string of the molecule is Cc1ccc(-n2nnnc2SCc2cc(C)ccc2C)c(C)c1. The molecule has 0 N–H and O–H groups in total. The summed E-state index contributed by atoms with van der Waals surface area (Å²) in [4.78, 5) is 0. The summed E-state index contributed by atoms with van der Waals surface area (Å²) in [6.45, 7) is 8.44. The molecule has 0 saturated heterocycles. The van der Waals surface area contributed by atoms with E-state index in [1.165, 1.54) is 27.8 Å². The number of hydrogen-bond donors (Lipinski definition) is 0. The molecule has 5 heteroatoms. The van der Waals surface area contributed by atoms with E-state index >= 15 is 0 Å². The first-order valence-electron chi connectivity index (χ1n) is 7.59. The number of thioether (sulfide) groups is 1. The zero-order valence-corrected chi connectivity index (χ0v) is 14.7. The Kier molecular flexibility index (Phi) is 4.48. The zero-order valence-electron chi connectivity index (χ0n) is 13.9. The fraction of sp³-hybridized carbons (Fsp3) is 0.278. The molecular formula is C18H20N4S. The van der Waals surface area contributed by atoms with Crippen molar-refractivity contribution < 1.29 is 0 Å². The van der Waals surface area contributed by atoms with Crippen molar-refractivity contribution in [3.05, 3.63) is 64.2 Å². The summed E-state index contributed by atoms with van der Waals surface area (Å²) in [6.07, 6.45) is 0. The normalized spacial score (nSPS) is 11.0. The van der Waals surface area contributed by atoms with Crippen LogP contribution in [0, 0.1) is 27.7 Å². The molecule has 2 aromatic carbocycles. The van der Waals surface area contributed by atoms with Gasteiger partial charge in [-0.15, -0.1) is 5.10 Å². The molecule has 3 rings (SSSR count). The van der Waals surface area contributed by atoms with Crippen molar-refractivity contribution in [1.29, 1.82) is 0 Å². The first kappa shape index (κ1) is 15.7. The Bertz CT molecular complexity index is 839. The molecule has 23 heavy (non-hydrogen) atoms. The quantitative estimate of drug-likeness (QED) is 0.675. The van der Waals surface area contributed by atoms with Crippen LogP contribution in [0.2, 0.25) is 0 Å². The second kappa shape index (κ2) is 6.54. The van der Waals surface area contributed by atoms with Crippen LogP contribution in [0.3, 0.4) is 0 Å². The second-order valence-corrected chi connectivity index (χ2v) is 6.82. The first-order chi connectivity index (χ1) is 11.0. The third kappa shape index (κ3) is 3.45. The molecule has 0 saturated carbocycles. The van der Waals surface area contributed by atoms with Gasteiger partial charge in [-0.3, -0.25) is 0 Å². The Morgan fingerprint density at radius 2 is 1.65 bits per heavy atom. The van der Waals surface area contributed by atoms with Crippen molar-refractivity contribution in [1.82, 2.24) is 20.2 Å². The lowest BCUT2D eigenvalue weighted by molar-refractivity contribution is 0.751. The molecule has 0 aliphatic heterocycles. The molecule has 0 aliphatic carbocycles. The minimum atomic E-state index is 0.817. The molecule has 3 aromatic rings. The molecule has 0 fully saturated rings. The van der Waals surface area contributed by atoms with Gasteiger partial charge in [0.25, 0.3) is 0 Å². The van der Waals surface area contributed by atoms with Crippen LogP contribution in [-0.2, 0) is 5.75 Å². The van der Waals surface area contributed by atoms with Crippen molar-refractivity contribution in [3.8, 4) is 5.69 Å². The van der Waals surface area contributed by atoms with Crippen LogP contribution in [0.25, 0.3) is 5.69 Å². The molecule has 0 aliphatic rings. The van der Waals surface area contributed by atoms with Crippen LogP contribution in [0.1, 0.15) is 27.8 Å². The van der Waals surface area contributed by atoms with Gasteiger partial charge in [0, 0.05) is 5.75 Å². The number of hydrogen-bond acceptors (Lipinski definition) is 4. The molecule has 118 valence electrons. The predicted molar refractivity (Wildman–Crippen MR) is 94.1 cm³/mol. The number of tetrazole rings is 1. The second-order valence-electron chi connectivity index (χ2n) is 5.88. The highest BCUT2D eigenvalue weighted by atomic mass is 32.2. The standard InChI is InChI=1S/C18H20N4S/c1-12-6-8-17(15(4)9-12)22-18(19-20-21-22)23-11-16-10-13(2)5-7-14(16)3/h5-10H,11H2,1-4H3. The van der Waals surface area contributed by atoms with Crippen LogP contribution >= 0.6 is 11.8 Å². The monoisotopic (exact) mass is 324 g/mol. The Labute approximate surface area is 140 Å². The van der Waals surface area contributed by atoms with E-state index in [-0.39, 0.29) is 0 Å². The van der Waals surface area contributed by atoms with Gasteiger partial charge in [0.2, 0.25) is 5.16 Å². The smallest absolute Gasteiger partial charge is 0.187 e. The third-order valence-corrected chi connectivity index (χ3v) is 4.85. The Balaban J connectivity index is 1.85. The van der Waals surface area contributed by atoms with Gasteiger partial charge in [-0.2, -0.15) is 4.68 Å². The summed E-state index contributed by atoms with van der Waals surface area (Å²) in [6, 6.07) is 12.8. The summed E-state index contributed by atoms with van der Waals surface area (Å²) in [5.74, 6) is 0.860. The maximum Gasteiger partial charge on any atom is 0.214 e. The maximum atomic E-state index is 4.19. The fourth-order valence-corrected chi connectivity index (χ4v) is 3.51. The molecule has 1 aromatic heterocycles. The van der Waals surface area contributed by atoms with E-state index in [1.807, 2.05) is 4.68 Å². The molecule has 1 heterocycles. The third-order valence-electron chi connectivity index (χ3n) is 3.88. The lowest BCUT2D eigenvalue weighted by Gasteiger charge is -2.09. The van der Waals surface area contributed by atoms with E-state index in [9.17, 15) is 0 Å². The highest BCUT2D eigenvalue weighted by molar-refractivity contribution is 7.98. The molecule has 0 radical (unpaired) electrons. The minimum Gasteiger partial charge on any atom is -0.187 e. The van der Waals surface area contributed by atoms with Crippen LogP contribution in [0.15, 0.2) is 41.6 Å². The number of nitrogens with zero attached hydrogens (tertiary/aromatic N) is 4. The predicted octanol–water partition coefficient (Wildman–Crippen LogP) is 4.19. The summed E-state index contributed by atoms with van der Waals surface area (Å²) in [7, 11) is 0. The molecule has 0 unspecified atom stereocenters. The van der Waals surface area contributed by atoms with E-state index in [1.54, 1.807) is 11.8 Å². The largest absolute Gasteiger partial charge is 0.214 e. The van der Waals surface area contributed by atoms with Gasteiger partial charge in [-0.1, -0.05) is 53.2 Å². The van der Waals surface area contributed by atoms with Gasteiger partial charge >= 0.3 is 0 Å². The molecular weight excluding hydrogens is 304 g/mol. The molecule has 0 bridgehead atoms. The minimum absolute atomic E-state index is 0.817. The van der Waals surface area contributed by atoms with Crippen LogP contribution in [-0.4, -0.2) is 20.2 Å². The number of aryl methyl sites for hydroxylation is 4. The van der Waals surface area contributed by atoms with Crippen LogP contribution in [0.5, 0.6) is 0 Å². The number of rotatable bonds is 4. The lowest BCUT2D eigenvalue weighted by Crippen LogP contribution is -2.02. The highest BCUT2D eigenvalue weighted by Crippen LogP contribution is 2.26. The van der Waals surface area contributed by atoms with Crippen LogP contribution in [0.4, 0.5) is 0 Å². The van der Waals surface area contributed by atoms with Gasteiger partial charge in [-0.05, 0) is 60.9 Å². The van der Waals surface area contributed by atoms with Gasteiger partial charge in [0.1, 0.15) is 0 Å². The molecule has 0 amide bonds. The van der Waals surface area contributed by atoms with Crippen molar-refractivity contribution in [2.24, 2.45) is 0 Å². The first-order valence-corrected chi connectivity index (χ1v) is 8.58. The van der Waals surface area contributed by atoms with Crippen molar-refractivity contribution in [2.45, 2.75) is 38.6 Å². The molecule has 4 nitrogen and oxygen atoms in total. The maximum absolute atomic E-state index is 4.19. The molecule has 0 atom stereocenters. The van der Waals surface area contributed by atoms with Gasteiger partial charge < -0.3 is 0 Å². The summed E-state index contributed by atoms with van der Waals surface area (Å²) < 4.78 is 1.82. The van der Waals surface area contributed by atoms with E-state index in [0.717, 1.165) is 16.6 Å². The lowest BCUT2D eigenvalue weighted by atomic mass is 10.1. The van der Waals surface area contributed by atoms with E-state index in [2.05, 4.69) is 79.6 Å². The zero-order chi connectivity index (χ0) is 16.4. The van der Waals surface area contributed by atoms with Crippen molar-refractivity contribution >= 4 is 11.8 Å². The Hall–Kier alpha value is -2.14. The number of aromatic nitrogens is 4. The Morgan fingerprint density at radius 3 is 2.43 bits per heavy atom. The van der Waals surface area contributed by atoms with Crippen LogP contribution < -0.4 is 0 Å². The highest BCUT2D eigenvalue weighted by Gasteiger charge is 2.12. The summed E-state index contributed by atoms with van der Waals surface area (Å²) in [5.41, 5.74) is 7.35. The van der Waals surface area contributed by atoms with Crippen molar-refractivity contribution in [2.75, 3.05) is 0 Å². The average molecular weight is 324 g/mol. The summed E-state index contributed by atoms with van der Waals surface area (Å²) >= 11 is 1.66. The Morgan fingerprint density at radius 1 is 0.913 bits per heavy atom. The van der Waals surface area contributed by atoms with Crippen molar-refractivity contribution in [3.63, 3.8) is 0 Å². The van der Waals surface area contributed by atoms with E-state index in [4.69, 9.17) is 0 Å². The fourth-order valence-electron chi connectivity index (χ4n) is 2.56. The average Bonchev–Trinajstić information content (AvgIpc) is 2.96. The summed E-state index contributed by atoms with van der Waals surface area (Å²) in [5, 5.41) is 13.0. The molecule has 0 spiro atoms. The van der Waals surface area contributed by atoms with E-state index in [0.29, 0.717) is 0 Å². The van der Waals surface area contributed by atoms with E-state index < -0.39 is 0 Å². The number of benzene rings is 2. The van der Waals surface area contributed by atoms with Gasteiger partial charge in [-0.25, -0.2) is 0 Å².